The second kappa shape index (κ2) is 5.22. The number of benzene rings is 1. The minimum atomic E-state index is -0.316. The molecule has 0 N–H and O–H groups in total. The monoisotopic (exact) mass is 189 g/mol. The van der Waals surface area contributed by atoms with Crippen LogP contribution in [0.5, 0.6) is 0 Å². The van der Waals surface area contributed by atoms with Crippen LogP contribution >= 0.6 is 0 Å². The van der Waals surface area contributed by atoms with Crippen LogP contribution < -0.4 is 0 Å². The highest BCUT2D eigenvalue weighted by Crippen LogP contribution is 2.11. The molecular weight excluding hydrogens is 176 g/mol. The van der Waals surface area contributed by atoms with Crippen molar-refractivity contribution in [1.29, 1.82) is 0 Å². The van der Waals surface area contributed by atoms with E-state index in [0.29, 0.717) is 18.6 Å². The van der Waals surface area contributed by atoms with Crippen LogP contribution in [0.1, 0.15) is 22.3 Å². The van der Waals surface area contributed by atoms with Crippen molar-refractivity contribution in [1.82, 2.24) is 0 Å². The number of rotatable bonds is 4. The highest BCUT2D eigenvalue weighted by molar-refractivity contribution is 5.93. The summed E-state index contributed by atoms with van der Waals surface area (Å²) < 4.78 is 4.97. The van der Waals surface area contributed by atoms with Gasteiger partial charge >= 0.3 is 5.97 Å². The highest BCUT2D eigenvalue weighted by atomic mass is 16.5. The highest BCUT2D eigenvalue weighted by Gasteiger charge is 2.09. The van der Waals surface area contributed by atoms with Gasteiger partial charge in [0, 0.05) is 0 Å². The average molecular weight is 189 g/mol. The van der Waals surface area contributed by atoms with Gasteiger partial charge in [0.25, 0.3) is 0 Å². The third-order valence-electron chi connectivity index (χ3n) is 1.78. The third-order valence-corrected chi connectivity index (χ3v) is 1.78. The molecule has 0 aliphatic heterocycles. The first kappa shape index (κ1) is 10.5. The number of carbonyl (C=O) groups is 1. The van der Waals surface area contributed by atoms with Crippen LogP contribution in [0.2, 0.25) is 0 Å². The van der Waals surface area contributed by atoms with Gasteiger partial charge in [0.15, 0.2) is 0 Å². The van der Waals surface area contributed by atoms with Crippen LogP contribution in [0.15, 0.2) is 30.8 Å². The molecule has 0 atom stereocenters. The van der Waals surface area contributed by atoms with Gasteiger partial charge in [-0.25, -0.2) is 4.79 Å². The summed E-state index contributed by atoms with van der Waals surface area (Å²) in [4.78, 5) is 11.5. The number of ether oxygens (including phenoxy) is 1. The molecule has 0 aromatic heterocycles. The summed E-state index contributed by atoms with van der Waals surface area (Å²) in [5, 5.41) is 0. The van der Waals surface area contributed by atoms with Gasteiger partial charge in [-0.15, -0.1) is 0 Å². The summed E-state index contributed by atoms with van der Waals surface area (Å²) in [6.07, 6.45) is 2.22. The van der Waals surface area contributed by atoms with Crippen LogP contribution in [-0.2, 0) is 4.74 Å². The Hall–Kier alpha value is -1.57. The van der Waals surface area contributed by atoms with Gasteiger partial charge in [-0.2, -0.15) is 0 Å². The first-order valence-electron chi connectivity index (χ1n) is 4.47. The molecule has 1 radical (unpaired) electrons. The molecule has 73 valence electrons. The van der Waals surface area contributed by atoms with Gasteiger partial charge in [-0.1, -0.05) is 30.9 Å². The van der Waals surface area contributed by atoms with Gasteiger partial charge in [-0.3, -0.25) is 0 Å². The zero-order chi connectivity index (χ0) is 10.4. The van der Waals surface area contributed by atoms with E-state index in [1.54, 1.807) is 18.2 Å². The molecular formula is C12H13O2. The molecule has 0 unspecified atom stereocenters. The van der Waals surface area contributed by atoms with E-state index in [2.05, 4.69) is 13.5 Å². The molecule has 0 amide bonds. The van der Waals surface area contributed by atoms with E-state index in [9.17, 15) is 4.79 Å². The van der Waals surface area contributed by atoms with Gasteiger partial charge in [0.1, 0.15) is 0 Å². The summed E-state index contributed by atoms with van der Waals surface area (Å²) in [6.45, 7) is 7.58. The molecule has 0 aliphatic carbocycles. The summed E-state index contributed by atoms with van der Waals surface area (Å²) in [6, 6.07) is 7.21. The van der Waals surface area contributed by atoms with E-state index in [4.69, 9.17) is 4.74 Å². The van der Waals surface area contributed by atoms with E-state index in [1.165, 1.54) is 0 Å². The predicted octanol–water partition coefficient (Wildman–Crippen LogP) is 2.71. The molecule has 0 fully saturated rings. The van der Waals surface area contributed by atoms with Gasteiger partial charge in [-0.05, 0) is 25.0 Å². The maximum Gasteiger partial charge on any atom is 0.338 e. The summed E-state index contributed by atoms with van der Waals surface area (Å²) in [7, 11) is 0. The lowest BCUT2D eigenvalue weighted by atomic mass is 10.1. The molecule has 2 heteroatoms. The molecule has 0 saturated heterocycles. The van der Waals surface area contributed by atoms with Crippen molar-refractivity contribution in [3.8, 4) is 0 Å². The second-order valence-electron chi connectivity index (χ2n) is 2.78. The Labute approximate surface area is 84.2 Å². The van der Waals surface area contributed by atoms with Crippen molar-refractivity contribution in [2.24, 2.45) is 0 Å². The molecule has 2 nitrogen and oxygen atoms in total. The van der Waals surface area contributed by atoms with Crippen molar-refractivity contribution in [2.45, 2.75) is 6.42 Å². The maximum atomic E-state index is 11.5. The van der Waals surface area contributed by atoms with Crippen LogP contribution in [0, 0.1) is 6.92 Å². The fourth-order valence-electron chi connectivity index (χ4n) is 1.10. The number of esters is 1. The molecule has 1 rings (SSSR count). The fraction of sp³-hybridized carbons (Fsp3) is 0.167. The Kier molecular flexibility index (Phi) is 3.92. The van der Waals surface area contributed by atoms with Gasteiger partial charge in [0.05, 0.1) is 12.2 Å². The fourth-order valence-corrected chi connectivity index (χ4v) is 1.10. The summed E-state index contributed by atoms with van der Waals surface area (Å²) in [5.41, 5.74) is 1.34. The Morgan fingerprint density at radius 2 is 2.14 bits per heavy atom. The molecule has 14 heavy (non-hydrogen) atoms. The van der Waals surface area contributed by atoms with Crippen LogP contribution in [0.25, 0.3) is 6.08 Å². The van der Waals surface area contributed by atoms with Crippen molar-refractivity contribution in [3.63, 3.8) is 0 Å². The predicted molar refractivity (Wildman–Crippen MR) is 56.8 cm³/mol. The zero-order valence-corrected chi connectivity index (χ0v) is 8.03. The lowest BCUT2D eigenvalue weighted by Crippen LogP contribution is -2.07. The normalized spacial score (nSPS) is 9.50. The van der Waals surface area contributed by atoms with E-state index in [1.807, 2.05) is 12.1 Å². The van der Waals surface area contributed by atoms with E-state index < -0.39 is 0 Å². The van der Waals surface area contributed by atoms with Crippen LogP contribution in [0.3, 0.4) is 0 Å². The maximum absolute atomic E-state index is 11.5. The Morgan fingerprint density at radius 3 is 2.79 bits per heavy atom. The molecule has 1 aromatic carbocycles. The van der Waals surface area contributed by atoms with Gasteiger partial charge < -0.3 is 4.74 Å². The minimum absolute atomic E-state index is 0.316. The smallest absolute Gasteiger partial charge is 0.338 e. The van der Waals surface area contributed by atoms with Crippen molar-refractivity contribution in [2.75, 3.05) is 6.61 Å². The Bertz CT molecular complexity index is 329. The van der Waals surface area contributed by atoms with Crippen LogP contribution in [0.4, 0.5) is 0 Å². The summed E-state index contributed by atoms with van der Waals surface area (Å²) in [5.74, 6) is -0.316. The van der Waals surface area contributed by atoms with E-state index in [-0.39, 0.29) is 5.97 Å². The number of hydrogen-bond acceptors (Lipinski definition) is 2. The zero-order valence-electron chi connectivity index (χ0n) is 8.03. The SMILES string of the molecule is [CH2]CCOC(=O)c1ccccc1C=C. The number of hydrogen-bond donors (Lipinski definition) is 0. The molecule has 0 aliphatic rings. The quantitative estimate of drug-likeness (QED) is 0.681. The first-order valence-corrected chi connectivity index (χ1v) is 4.47. The summed E-state index contributed by atoms with van der Waals surface area (Å²) >= 11 is 0. The number of carbonyl (C=O) groups excluding carboxylic acids is 1. The van der Waals surface area contributed by atoms with Crippen molar-refractivity contribution < 1.29 is 9.53 Å². The van der Waals surface area contributed by atoms with Gasteiger partial charge in [0.2, 0.25) is 0 Å². The van der Waals surface area contributed by atoms with Crippen molar-refractivity contribution >= 4 is 12.0 Å². The molecule has 0 saturated carbocycles. The minimum Gasteiger partial charge on any atom is -0.462 e. The first-order chi connectivity index (χ1) is 6.79. The van der Waals surface area contributed by atoms with Crippen LogP contribution in [-0.4, -0.2) is 12.6 Å². The van der Waals surface area contributed by atoms with E-state index >= 15 is 0 Å². The standard InChI is InChI=1S/C12H13O2/c1-3-9-14-12(13)11-8-6-5-7-10(11)4-2/h4-8H,1-3,9H2. The topological polar surface area (TPSA) is 26.3 Å². The third kappa shape index (κ3) is 2.46. The molecule has 0 bridgehead atoms. The molecule has 0 heterocycles. The average Bonchev–Trinajstić information content (AvgIpc) is 2.25. The molecule has 0 spiro atoms. The van der Waals surface area contributed by atoms with Crippen molar-refractivity contribution in [3.05, 3.63) is 48.9 Å². The lowest BCUT2D eigenvalue weighted by Gasteiger charge is -2.05. The van der Waals surface area contributed by atoms with E-state index in [0.717, 1.165) is 5.56 Å². The lowest BCUT2D eigenvalue weighted by molar-refractivity contribution is 0.0511. The molecule has 1 aromatic rings. The Morgan fingerprint density at radius 1 is 1.43 bits per heavy atom. The Balaban J connectivity index is 2.83. The second-order valence-corrected chi connectivity index (χ2v) is 2.78. The largest absolute Gasteiger partial charge is 0.462 e.